The van der Waals surface area contributed by atoms with Gasteiger partial charge in [0.15, 0.2) is 0 Å². The predicted molar refractivity (Wildman–Crippen MR) is 54.0 cm³/mol. The molecule has 0 aromatic heterocycles. The molecule has 16 heavy (non-hydrogen) atoms. The lowest BCUT2D eigenvalue weighted by molar-refractivity contribution is -0.140. The molecular weight excluding hydrogens is 215 g/mol. The third-order valence-electron chi connectivity index (χ3n) is 2.81. The lowest BCUT2D eigenvalue weighted by Crippen LogP contribution is -2.05. The molecule has 2 unspecified atom stereocenters. The third-order valence-corrected chi connectivity index (χ3v) is 2.81. The van der Waals surface area contributed by atoms with Gasteiger partial charge >= 0.3 is 5.97 Å². The summed E-state index contributed by atoms with van der Waals surface area (Å²) < 4.78 is 22.6. The van der Waals surface area contributed by atoms with Gasteiger partial charge in [0.05, 0.1) is 6.61 Å². The van der Waals surface area contributed by atoms with Crippen LogP contribution in [-0.4, -0.2) is 25.2 Å². The number of carbonyl (C=O) groups excluding carboxylic acids is 2. The molecule has 2 atom stereocenters. The maximum absolute atomic E-state index is 13.3. The Balaban J connectivity index is 2.64. The van der Waals surface area contributed by atoms with Crippen LogP contribution in [0.5, 0.6) is 0 Å². The summed E-state index contributed by atoms with van der Waals surface area (Å²) in [6.45, 7) is 5.73. The van der Waals surface area contributed by atoms with E-state index in [-0.39, 0.29) is 24.0 Å². The summed E-state index contributed by atoms with van der Waals surface area (Å²) >= 11 is 0. The van der Waals surface area contributed by atoms with E-state index < -0.39 is 11.8 Å². The standard InChI is InChI=1S/C11H15FO4/c1-4-15-10(14)8(12)5-7-9(16-6-13)11(7,2)3/h5-7,9H,4H2,1-3H3. The molecule has 0 bridgehead atoms. The summed E-state index contributed by atoms with van der Waals surface area (Å²) in [5.41, 5.74) is -0.329. The van der Waals surface area contributed by atoms with Gasteiger partial charge in [-0.05, 0) is 13.0 Å². The largest absolute Gasteiger partial charge is 0.463 e. The van der Waals surface area contributed by atoms with Gasteiger partial charge in [-0.25, -0.2) is 4.79 Å². The fourth-order valence-electron chi connectivity index (χ4n) is 1.68. The minimum Gasteiger partial charge on any atom is -0.463 e. The van der Waals surface area contributed by atoms with Crippen LogP contribution in [0.1, 0.15) is 20.8 Å². The lowest BCUT2D eigenvalue weighted by atomic mass is 10.1. The number of halogens is 1. The van der Waals surface area contributed by atoms with E-state index in [2.05, 4.69) is 4.74 Å². The SMILES string of the molecule is CCOC(=O)C(F)=CC1C(OC=O)C1(C)C. The first-order valence-electron chi connectivity index (χ1n) is 5.08. The minimum atomic E-state index is -0.977. The van der Waals surface area contributed by atoms with Crippen LogP contribution in [-0.2, 0) is 19.1 Å². The maximum atomic E-state index is 13.3. The normalized spacial score (nSPS) is 27.1. The van der Waals surface area contributed by atoms with Gasteiger partial charge in [-0.2, -0.15) is 4.39 Å². The molecule has 1 fully saturated rings. The molecule has 5 heteroatoms. The molecule has 0 amide bonds. The molecule has 0 heterocycles. The van der Waals surface area contributed by atoms with Crippen LogP contribution < -0.4 is 0 Å². The van der Waals surface area contributed by atoms with Gasteiger partial charge in [0.1, 0.15) is 6.10 Å². The Morgan fingerprint density at radius 3 is 2.62 bits per heavy atom. The second-order valence-electron chi connectivity index (χ2n) is 4.24. The molecule has 1 rings (SSSR count). The number of rotatable bonds is 5. The van der Waals surface area contributed by atoms with Crippen molar-refractivity contribution in [1.29, 1.82) is 0 Å². The summed E-state index contributed by atoms with van der Waals surface area (Å²) in [4.78, 5) is 21.2. The zero-order valence-electron chi connectivity index (χ0n) is 9.53. The van der Waals surface area contributed by atoms with Crippen molar-refractivity contribution in [3.05, 3.63) is 11.9 Å². The van der Waals surface area contributed by atoms with E-state index in [9.17, 15) is 14.0 Å². The Hall–Kier alpha value is -1.39. The van der Waals surface area contributed by atoms with Gasteiger partial charge in [-0.1, -0.05) is 13.8 Å². The molecule has 90 valence electrons. The molecule has 0 aromatic rings. The Morgan fingerprint density at radius 2 is 2.12 bits per heavy atom. The predicted octanol–water partition coefficient (Wildman–Crippen LogP) is 1.60. The van der Waals surface area contributed by atoms with Crippen LogP contribution >= 0.6 is 0 Å². The highest BCUT2D eigenvalue weighted by atomic mass is 19.1. The third kappa shape index (κ3) is 2.40. The first-order valence-corrected chi connectivity index (χ1v) is 5.08. The lowest BCUT2D eigenvalue weighted by Gasteiger charge is -1.98. The van der Waals surface area contributed by atoms with Crippen molar-refractivity contribution in [2.45, 2.75) is 26.9 Å². The van der Waals surface area contributed by atoms with Crippen LogP contribution in [0.4, 0.5) is 4.39 Å². The molecular formula is C11H15FO4. The molecule has 1 aliphatic rings. The van der Waals surface area contributed by atoms with Crippen molar-refractivity contribution in [2.24, 2.45) is 11.3 Å². The van der Waals surface area contributed by atoms with E-state index in [1.165, 1.54) is 0 Å². The molecule has 0 aromatic carbocycles. The summed E-state index contributed by atoms with van der Waals surface area (Å²) in [5, 5.41) is 0. The van der Waals surface area contributed by atoms with E-state index in [1.54, 1.807) is 6.92 Å². The smallest absolute Gasteiger partial charge is 0.366 e. The highest BCUT2D eigenvalue weighted by Gasteiger charge is 2.59. The summed E-state index contributed by atoms with van der Waals surface area (Å²) in [7, 11) is 0. The highest BCUT2D eigenvalue weighted by molar-refractivity contribution is 5.86. The van der Waals surface area contributed by atoms with E-state index in [0.717, 1.165) is 6.08 Å². The van der Waals surface area contributed by atoms with Gasteiger partial charge < -0.3 is 9.47 Å². The summed E-state index contributed by atoms with van der Waals surface area (Å²) in [6, 6.07) is 0. The zero-order valence-corrected chi connectivity index (χ0v) is 9.53. The number of esters is 1. The molecule has 0 aliphatic heterocycles. The summed E-state index contributed by atoms with van der Waals surface area (Å²) in [5.74, 6) is -2.19. The van der Waals surface area contributed by atoms with E-state index >= 15 is 0 Å². The van der Waals surface area contributed by atoms with Crippen LogP contribution in [0.3, 0.4) is 0 Å². The topological polar surface area (TPSA) is 52.6 Å². The first kappa shape index (κ1) is 12.7. The van der Waals surface area contributed by atoms with Crippen LogP contribution in [0.2, 0.25) is 0 Å². The highest BCUT2D eigenvalue weighted by Crippen LogP contribution is 2.55. The van der Waals surface area contributed by atoms with Gasteiger partial charge in [0.25, 0.3) is 6.47 Å². The van der Waals surface area contributed by atoms with Crippen molar-refractivity contribution in [3.63, 3.8) is 0 Å². The van der Waals surface area contributed by atoms with E-state index in [1.807, 2.05) is 13.8 Å². The fourth-order valence-corrected chi connectivity index (χ4v) is 1.68. The Labute approximate surface area is 93.4 Å². The molecule has 0 spiro atoms. The van der Waals surface area contributed by atoms with Crippen molar-refractivity contribution in [1.82, 2.24) is 0 Å². The number of ether oxygens (including phenoxy) is 2. The van der Waals surface area contributed by atoms with Gasteiger partial charge in [0, 0.05) is 11.3 Å². The Kier molecular flexibility index (Phi) is 3.67. The maximum Gasteiger partial charge on any atom is 0.366 e. The van der Waals surface area contributed by atoms with Crippen molar-refractivity contribution in [3.8, 4) is 0 Å². The average Bonchev–Trinajstić information content (AvgIpc) is 2.70. The van der Waals surface area contributed by atoms with Crippen molar-refractivity contribution in [2.75, 3.05) is 6.61 Å². The molecule has 0 saturated heterocycles. The van der Waals surface area contributed by atoms with Crippen molar-refractivity contribution >= 4 is 12.4 Å². The van der Waals surface area contributed by atoms with Gasteiger partial charge in [0.2, 0.25) is 5.83 Å². The molecule has 0 radical (unpaired) electrons. The van der Waals surface area contributed by atoms with Crippen molar-refractivity contribution < 1.29 is 23.5 Å². The van der Waals surface area contributed by atoms with E-state index in [4.69, 9.17) is 4.74 Å². The number of hydrogen-bond donors (Lipinski definition) is 0. The Bertz CT molecular complexity index is 322. The zero-order chi connectivity index (χ0) is 12.3. The second-order valence-corrected chi connectivity index (χ2v) is 4.24. The second kappa shape index (κ2) is 4.63. The van der Waals surface area contributed by atoms with Crippen LogP contribution in [0, 0.1) is 11.3 Å². The van der Waals surface area contributed by atoms with Crippen LogP contribution in [0.25, 0.3) is 0 Å². The van der Waals surface area contributed by atoms with E-state index in [0.29, 0.717) is 6.47 Å². The van der Waals surface area contributed by atoms with Gasteiger partial charge in [-0.3, -0.25) is 4.79 Å². The van der Waals surface area contributed by atoms with Crippen LogP contribution in [0.15, 0.2) is 11.9 Å². The number of carbonyl (C=O) groups is 2. The molecule has 1 saturated carbocycles. The molecule has 0 N–H and O–H groups in total. The first-order chi connectivity index (χ1) is 7.45. The Morgan fingerprint density at radius 1 is 1.50 bits per heavy atom. The molecule has 4 nitrogen and oxygen atoms in total. The molecule has 1 aliphatic carbocycles. The number of hydrogen-bond acceptors (Lipinski definition) is 4. The quantitative estimate of drug-likeness (QED) is 0.409. The average molecular weight is 230 g/mol. The fraction of sp³-hybridized carbons (Fsp3) is 0.636. The minimum absolute atomic E-state index is 0.127. The monoisotopic (exact) mass is 230 g/mol. The van der Waals surface area contributed by atoms with Gasteiger partial charge in [-0.15, -0.1) is 0 Å². The summed E-state index contributed by atoms with van der Waals surface area (Å²) in [6.07, 6.45) is 0.789.